The standard InChI is InChI=1S/C15H19NO2/c1-4-13(5-2)14-7-6-8-15(11-14)18-10-9-16-12(3)17/h4-8,11H,1,9-10H2,2-3H3,(H,16,17)/b13-5+. The third kappa shape index (κ3) is 4.45. The molecule has 1 rings (SSSR count). The van der Waals surface area contributed by atoms with E-state index < -0.39 is 0 Å². The second kappa shape index (κ2) is 7.33. The zero-order valence-electron chi connectivity index (χ0n) is 10.9. The van der Waals surface area contributed by atoms with E-state index in [1.165, 1.54) is 6.92 Å². The summed E-state index contributed by atoms with van der Waals surface area (Å²) in [5, 5.41) is 2.68. The van der Waals surface area contributed by atoms with E-state index in [9.17, 15) is 4.79 Å². The fourth-order valence-corrected chi connectivity index (χ4v) is 1.56. The van der Waals surface area contributed by atoms with Crippen LogP contribution in [0.4, 0.5) is 0 Å². The maximum atomic E-state index is 10.7. The van der Waals surface area contributed by atoms with E-state index in [1.54, 1.807) is 0 Å². The highest BCUT2D eigenvalue weighted by Gasteiger charge is 1.99. The lowest BCUT2D eigenvalue weighted by atomic mass is 10.1. The highest BCUT2D eigenvalue weighted by atomic mass is 16.5. The van der Waals surface area contributed by atoms with Crippen molar-refractivity contribution in [2.75, 3.05) is 13.2 Å². The molecule has 1 aromatic rings. The predicted octanol–water partition coefficient (Wildman–Crippen LogP) is 2.79. The van der Waals surface area contributed by atoms with Gasteiger partial charge in [-0.25, -0.2) is 0 Å². The summed E-state index contributed by atoms with van der Waals surface area (Å²) in [7, 11) is 0. The van der Waals surface area contributed by atoms with Gasteiger partial charge in [-0.1, -0.05) is 30.9 Å². The van der Waals surface area contributed by atoms with Crippen molar-refractivity contribution in [3.8, 4) is 5.75 Å². The fraction of sp³-hybridized carbons (Fsp3) is 0.267. The summed E-state index contributed by atoms with van der Waals surface area (Å²) in [4.78, 5) is 10.7. The minimum atomic E-state index is -0.0461. The minimum absolute atomic E-state index is 0.0461. The number of allylic oxidation sites excluding steroid dienone is 3. The van der Waals surface area contributed by atoms with Gasteiger partial charge in [-0.3, -0.25) is 4.79 Å². The van der Waals surface area contributed by atoms with Crippen LogP contribution in [-0.2, 0) is 4.79 Å². The van der Waals surface area contributed by atoms with E-state index >= 15 is 0 Å². The molecule has 1 aromatic carbocycles. The predicted molar refractivity (Wildman–Crippen MR) is 74.5 cm³/mol. The molecule has 0 atom stereocenters. The van der Waals surface area contributed by atoms with Crippen molar-refractivity contribution in [2.24, 2.45) is 0 Å². The number of rotatable bonds is 6. The number of hydrogen-bond donors (Lipinski definition) is 1. The van der Waals surface area contributed by atoms with Crippen molar-refractivity contribution < 1.29 is 9.53 Å². The number of nitrogens with one attached hydrogen (secondary N) is 1. The molecule has 0 aliphatic carbocycles. The van der Waals surface area contributed by atoms with Crippen LogP contribution >= 0.6 is 0 Å². The van der Waals surface area contributed by atoms with Gasteiger partial charge < -0.3 is 10.1 Å². The zero-order valence-corrected chi connectivity index (χ0v) is 10.9. The summed E-state index contributed by atoms with van der Waals surface area (Å²) in [6.07, 6.45) is 3.82. The Balaban J connectivity index is 2.60. The van der Waals surface area contributed by atoms with Crippen LogP contribution in [0.25, 0.3) is 5.57 Å². The van der Waals surface area contributed by atoms with Crippen molar-refractivity contribution in [3.05, 3.63) is 48.6 Å². The number of carbonyl (C=O) groups is 1. The summed E-state index contributed by atoms with van der Waals surface area (Å²) in [6.45, 7) is 8.21. The van der Waals surface area contributed by atoms with Crippen molar-refractivity contribution in [1.29, 1.82) is 0 Å². The molecule has 0 fully saturated rings. The summed E-state index contributed by atoms with van der Waals surface area (Å²) < 4.78 is 5.56. The summed E-state index contributed by atoms with van der Waals surface area (Å²) in [5.41, 5.74) is 2.15. The van der Waals surface area contributed by atoms with Gasteiger partial charge in [0.2, 0.25) is 5.91 Å². The van der Waals surface area contributed by atoms with Crippen LogP contribution in [0.3, 0.4) is 0 Å². The average Bonchev–Trinajstić information content (AvgIpc) is 2.36. The van der Waals surface area contributed by atoms with Crippen LogP contribution in [0.5, 0.6) is 5.75 Å². The second-order valence-electron chi connectivity index (χ2n) is 3.81. The van der Waals surface area contributed by atoms with E-state index in [0.717, 1.165) is 16.9 Å². The maximum absolute atomic E-state index is 10.7. The number of benzene rings is 1. The molecule has 0 saturated carbocycles. The number of ether oxygens (including phenoxy) is 1. The van der Waals surface area contributed by atoms with E-state index in [1.807, 2.05) is 43.3 Å². The van der Waals surface area contributed by atoms with Crippen molar-refractivity contribution in [2.45, 2.75) is 13.8 Å². The quantitative estimate of drug-likeness (QED) is 0.618. The summed E-state index contributed by atoms with van der Waals surface area (Å²) in [5.74, 6) is 0.745. The van der Waals surface area contributed by atoms with Crippen LogP contribution < -0.4 is 10.1 Å². The van der Waals surface area contributed by atoms with Crippen LogP contribution in [-0.4, -0.2) is 19.1 Å². The third-order valence-electron chi connectivity index (χ3n) is 2.44. The molecule has 0 saturated heterocycles. The van der Waals surface area contributed by atoms with Gasteiger partial charge in [0.05, 0.1) is 6.54 Å². The Bertz CT molecular complexity index is 450. The molecule has 1 amide bonds. The molecular weight excluding hydrogens is 226 g/mol. The first kappa shape index (κ1) is 14.0. The Labute approximate surface area is 108 Å². The van der Waals surface area contributed by atoms with Gasteiger partial charge in [0, 0.05) is 6.92 Å². The van der Waals surface area contributed by atoms with Gasteiger partial charge in [-0.15, -0.1) is 0 Å². The molecule has 18 heavy (non-hydrogen) atoms. The van der Waals surface area contributed by atoms with Gasteiger partial charge in [0.1, 0.15) is 12.4 Å². The molecular formula is C15H19NO2. The lowest BCUT2D eigenvalue weighted by Gasteiger charge is -2.08. The molecule has 96 valence electrons. The Kier molecular flexibility index (Phi) is 5.71. The number of carbonyl (C=O) groups excluding carboxylic acids is 1. The lowest BCUT2D eigenvalue weighted by molar-refractivity contribution is -0.119. The molecule has 0 spiro atoms. The third-order valence-corrected chi connectivity index (χ3v) is 2.44. The normalized spacial score (nSPS) is 10.9. The second-order valence-corrected chi connectivity index (χ2v) is 3.81. The molecule has 0 aromatic heterocycles. The minimum Gasteiger partial charge on any atom is -0.492 e. The van der Waals surface area contributed by atoms with E-state index in [0.29, 0.717) is 13.2 Å². The maximum Gasteiger partial charge on any atom is 0.216 e. The van der Waals surface area contributed by atoms with Crippen molar-refractivity contribution in [1.82, 2.24) is 5.32 Å². The fourth-order valence-electron chi connectivity index (χ4n) is 1.56. The molecule has 0 heterocycles. The van der Waals surface area contributed by atoms with Gasteiger partial charge in [0.15, 0.2) is 0 Å². The molecule has 1 N–H and O–H groups in total. The zero-order chi connectivity index (χ0) is 13.4. The Hall–Kier alpha value is -2.03. The highest BCUT2D eigenvalue weighted by molar-refractivity contribution is 5.74. The lowest BCUT2D eigenvalue weighted by Crippen LogP contribution is -2.25. The average molecular weight is 245 g/mol. The van der Waals surface area contributed by atoms with Gasteiger partial charge in [-0.2, -0.15) is 0 Å². The Morgan fingerprint density at radius 2 is 2.28 bits per heavy atom. The van der Waals surface area contributed by atoms with Gasteiger partial charge in [0.25, 0.3) is 0 Å². The molecule has 3 heteroatoms. The monoisotopic (exact) mass is 245 g/mol. The van der Waals surface area contributed by atoms with Crippen LogP contribution in [0, 0.1) is 0 Å². The highest BCUT2D eigenvalue weighted by Crippen LogP contribution is 2.20. The molecule has 0 aliphatic heterocycles. The SMILES string of the molecule is C=C/C(=C\C)c1cccc(OCCNC(C)=O)c1. The smallest absolute Gasteiger partial charge is 0.216 e. The Morgan fingerprint density at radius 1 is 1.50 bits per heavy atom. The summed E-state index contributed by atoms with van der Waals surface area (Å²) >= 11 is 0. The molecule has 0 unspecified atom stereocenters. The molecule has 3 nitrogen and oxygen atoms in total. The van der Waals surface area contributed by atoms with Crippen LogP contribution in [0.2, 0.25) is 0 Å². The molecule has 0 radical (unpaired) electrons. The van der Waals surface area contributed by atoms with Crippen LogP contribution in [0.1, 0.15) is 19.4 Å². The van der Waals surface area contributed by atoms with Gasteiger partial charge >= 0.3 is 0 Å². The largest absolute Gasteiger partial charge is 0.492 e. The first-order chi connectivity index (χ1) is 8.67. The number of amides is 1. The first-order valence-corrected chi connectivity index (χ1v) is 5.93. The van der Waals surface area contributed by atoms with Gasteiger partial charge in [-0.05, 0) is 30.2 Å². The number of hydrogen-bond acceptors (Lipinski definition) is 2. The topological polar surface area (TPSA) is 38.3 Å². The first-order valence-electron chi connectivity index (χ1n) is 5.93. The van der Waals surface area contributed by atoms with E-state index in [2.05, 4.69) is 11.9 Å². The summed E-state index contributed by atoms with van der Waals surface area (Å²) in [6, 6.07) is 7.81. The van der Waals surface area contributed by atoms with Crippen molar-refractivity contribution >= 4 is 11.5 Å². The van der Waals surface area contributed by atoms with Crippen LogP contribution in [0.15, 0.2) is 43.0 Å². The molecule has 0 aliphatic rings. The molecule has 0 bridgehead atoms. The van der Waals surface area contributed by atoms with Crippen molar-refractivity contribution in [3.63, 3.8) is 0 Å². The Morgan fingerprint density at radius 3 is 2.89 bits per heavy atom. The van der Waals surface area contributed by atoms with E-state index in [4.69, 9.17) is 4.74 Å². The van der Waals surface area contributed by atoms with E-state index in [-0.39, 0.29) is 5.91 Å².